The molecular weight excluding hydrogens is 460 g/mol. The van der Waals surface area contributed by atoms with Crippen molar-refractivity contribution >= 4 is 17.0 Å². The summed E-state index contributed by atoms with van der Waals surface area (Å²) in [6.45, 7) is 1.41. The lowest BCUT2D eigenvalue weighted by molar-refractivity contribution is -0.0580. The second-order valence-electron chi connectivity index (χ2n) is 9.69. The number of aromatic nitrogens is 4. The summed E-state index contributed by atoms with van der Waals surface area (Å²) >= 11 is 0. The van der Waals surface area contributed by atoms with E-state index >= 15 is 0 Å². The van der Waals surface area contributed by atoms with E-state index in [1.165, 1.54) is 44.8 Å². The van der Waals surface area contributed by atoms with E-state index in [1.807, 2.05) is 18.2 Å². The summed E-state index contributed by atoms with van der Waals surface area (Å²) in [6.07, 6.45) is 4.93. The van der Waals surface area contributed by atoms with Gasteiger partial charge in [-0.25, -0.2) is 15.0 Å². The number of anilines is 1. The van der Waals surface area contributed by atoms with Crippen molar-refractivity contribution in [1.82, 2.24) is 24.8 Å². The van der Waals surface area contributed by atoms with Crippen LogP contribution < -0.4 is 10.6 Å². The van der Waals surface area contributed by atoms with E-state index in [-0.39, 0.29) is 6.61 Å². The molecule has 2 fully saturated rings. The molecule has 10 heteroatoms. The Bertz CT molecular complexity index is 1120. The van der Waals surface area contributed by atoms with Gasteiger partial charge in [-0.2, -0.15) is 0 Å². The van der Waals surface area contributed by atoms with Crippen LogP contribution in [0.25, 0.3) is 11.2 Å². The van der Waals surface area contributed by atoms with Crippen LogP contribution in [-0.2, 0) is 22.4 Å². The van der Waals surface area contributed by atoms with Crippen LogP contribution in [-0.4, -0.2) is 74.3 Å². The van der Waals surface area contributed by atoms with Gasteiger partial charge in [-0.3, -0.25) is 4.57 Å². The third-order valence-corrected chi connectivity index (χ3v) is 7.11. The molecule has 0 amide bonds. The summed E-state index contributed by atoms with van der Waals surface area (Å²) < 4.78 is 12.8. The Morgan fingerprint density at radius 1 is 1.08 bits per heavy atom. The minimum atomic E-state index is -1.13. The number of ether oxygens (including phenoxy) is 2. The van der Waals surface area contributed by atoms with Crippen LogP contribution in [0.15, 0.2) is 36.7 Å². The van der Waals surface area contributed by atoms with E-state index in [4.69, 9.17) is 19.4 Å². The molecule has 1 aromatic carbocycles. The Balaban J connectivity index is 1.40. The zero-order valence-electron chi connectivity index (χ0n) is 20.7. The molecule has 0 bridgehead atoms. The first-order valence-electron chi connectivity index (χ1n) is 12.9. The zero-order valence-corrected chi connectivity index (χ0v) is 20.7. The normalized spacial score (nSPS) is 25.0. The predicted molar refractivity (Wildman–Crippen MR) is 135 cm³/mol. The van der Waals surface area contributed by atoms with Crippen molar-refractivity contribution in [3.8, 4) is 0 Å². The first-order chi connectivity index (χ1) is 17.6. The maximum Gasteiger partial charge on any atom is 0.168 e. The van der Waals surface area contributed by atoms with Crippen molar-refractivity contribution < 1.29 is 19.7 Å². The average Bonchev–Trinajstić information content (AvgIpc) is 3.45. The molecule has 3 heterocycles. The van der Waals surface area contributed by atoms with Gasteiger partial charge in [0, 0.05) is 19.7 Å². The van der Waals surface area contributed by atoms with Gasteiger partial charge in [-0.1, -0.05) is 49.6 Å². The number of benzene rings is 1. The quantitative estimate of drug-likeness (QED) is 0.334. The third kappa shape index (κ3) is 5.52. The monoisotopic (exact) mass is 496 g/mol. The van der Waals surface area contributed by atoms with Crippen LogP contribution in [0.1, 0.15) is 49.7 Å². The minimum absolute atomic E-state index is 0.180. The molecule has 2 aliphatic rings. The van der Waals surface area contributed by atoms with Gasteiger partial charge in [0.2, 0.25) is 0 Å². The molecule has 5 rings (SSSR count). The number of aliphatic hydroxyl groups excluding tert-OH is 2. The largest absolute Gasteiger partial charge is 0.387 e. The van der Waals surface area contributed by atoms with E-state index in [1.54, 1.807) is 10.9 Å². The van der Waals surface area contributed by atoms with Crippen LogP contribution in [0.5, 0.6) is 0 Å². The lowest BCUT2D eigenvalue weighted by Gasteiger charge is -2.22. The number of nitrogens with zero attached hydrogens (tertiary/aromatic N) is 4. The Kier molecular flexibility index (Phi) is 8.08. The molecule has 2 aromatic heterocycles. The van der Waals surface area contributed by atoms with Crippen LogP contribution in [0.2, 0.25) is 0 Å². The van der Waals surface area contributed by atoms with Gasteiger partial charge in [0.15, 0.2) is 23.2 Å². The van der Waals surface area contributed by atoms with Gasteiger partial charge in [0.05, 0.1) is 19.5 Å². The van der Waals surface area contributed by atoms with Gasteiger partial charge in [0.25, 0.3) is 0 Å². The summed E-state index contributed by atoms with van der Waals surface area (Å²) in [5, 5.41) is 28.2. The van der Waals surface area contributed by atoms with E-state index in [0.717, 1.165) is 6.42 Å². The molecule has 10 nitrogen and oxygen atoms in total. The first-order valence-corrected chi connectivity index (χ1v) is 12.9. The number of aliphatic hydroxyl groups is 2. The number of fused-ring (bicyclic) bond motifs is 1. The van der Waals surface area contributed by atoms with E-state index < -0.39 is 24.5 Å². The number of methoxy groups -OCH3 is 1. The Labute approximate surface area is 211 Å². The molecule has 4 atom stereocenters. The second-order valence-corrected chi connectivity index (χ2v) is 9.69. The molecule has 1 saturated heterocycles. The molecule has 0 unspecified atom stereocenters. The molecule has 4 N–H and O–H groups in total. The summed E-state index contributed by atoms with van der Waals surface area (Å²) in [7, 11) is 1.54. The molecule has 36 heavy (non-hydrogen) atoms. The van der Waals surface area contributed by atoms with E-state index in [2.05, 4.69) is 27.8 Å². The number of nitrogens with one attached hydrogen (secondary N) is 2. The highest BCUT2D eigenvalue weighted by atomic mass is 16.6. The van der Waals surface area contributed by atoms with Crippen LogP contribution in [0, 0.1) is 0 Å². The Morgan fingerprint density at radius 3 is 2.67 bits per heavy atom. The van der Waals surface area contributed by atoms with Crippen molar-refractivity contribution in [1.29, 1.82) is 0 Å². The van der Waals surface area contributed by atoms with Crippen molar-refractivity contribution in [3.63, 3.8) is 0 Å². The lowest BCUT2D eigenvalue weighted by atomic mass is 9.95. The minimum Gasteiger partial charge on any atom is -0.387 e. The zero-order chi connectivity index (χ0) is 24.9. The van der Waals surface area contributed by atoms with Crippen molar-refractivity contribution in [2.45, 2.75) is 75.7 Å². The maximum atomic E-state index is 10.7. The highest BCUT2D eigenvalue weighted by Gasteiger charge is 2.44. The van der Waals surface area contributed by atoms with Gasteiger partial charge >= 0.3 is 0 Å². The highest BCUT2D eigenvalue weighted by Crippen LogP contribution is 2.32. The summed E-state index contributed by atoms with van der Waals surface area (Å²) in [5.41, 5.74) is 2.40. The standard InChI is InChI=1S/C26H36N6O4/c1-35-15-19-22(33)23(34)26(36-19)32-16-29-21-24(27-13-12-17-8-4-2-5-9-17)30-20(31-25(21)32)14-28-18-10-6-3-7-11-18/h2,4-5,8-9,16,18-19,22-23,26,28,33-34H,3,6-7,10-15H2,1H3,(H,27,30,31)/t19-,22-,23-,26-/m1/s1. The fourth-order valence-corrected chi connectivity index (χ4v) is 5.12. The van der Waals surface area contributed by atoms with Gasteiger partial charge in [-0.15, -0.1) is 0 Å². The van der Waals surface area contributed by atoms with Gasteiger partial charge < -0.3 is 30.3 Å². The molecule has 3 aromatic rings. The topological polar surface area (TPSA) is 127 Å². The molecule has 0 radical (unpaired) electrons. The van der Waals surface area contributed by atoms with Crippen LogP contribution in [0.3, 0.4) is 0 Å². The van der Waals surface area contributed by atoms with Crippen molar-refractivity contribution in [3.05, 3.63) is 48.0 Å². The maximum absolute atomic E-state index is 10.7. The third-order valence-electron chi connectivity index (χ3n) is 7.11. The van der Waals surface area contributed by atoms with Crippen LogP contribution >= 0.6 is 0 Å². The number of imidazole rings is 1. The molecule has 1 aliphatic heterocycles. The number of hydrogen-bond acceptors (Lipinski definition) is 9. The Hall–Kier alpha value is -2.63. The SMILES string of the molecule is COC[C@H]1O[C@@H](n2cnc3c(NCCc4ccccc4)nc(CNC4CCCCC4)nc32)[C@H](O)[C@@H]1O. The summed E-state index contributed by atoms with van der Waals surface area (Å²) in [5.74, 6) is 1.30. The van der Waals surface area contributed by atoms with Gasteiger partial charge in [-0.05, 0) is 24.8 Å². The van der Waals surface area contributed by atoms with Crippen molar-refractivity contribution in [2.24, 2.45) is 0 Å². The molecule has 0 spiro atoms. The summed E-state index contributed by atoms with van der Waals surface area (Å²) in [4.78, 5) is 14.2. The van der Waals surface area contributed by atoms with Crippen LogP contribution in [0.4, 0.5) is 5.82 Å². The second kappa shape index (κ2) is 11.6. The number of hydrogen-bond donors (Lipinski definition) is 4. The predicted octanol–water partition coefficient (Wildman–Crippen LogP) is 2.17. The smallest absolute Gasteiger partial charge is 0.168 e. The number of rotatable bonds is 10. The molecule has 194 valence electrons. The highest BCUT2D eigenvalue weighted by molar-refractivity contribution is 5.83. The Morgan fingerprint density at radius 2 is 1.89 bits per heavy atom. The lowest BCUT2D eigenvalue weighted by Crippen LogP contribution is -2.33. The first kappa shape index (κ1) is 25.0. The van der Waals surface area contributed by atoms with E-state index in [9.17, 15) is 10.2 Å². The van der Waals surface area contributed by atoms with E-state index in [0.29, 0.717) is 41.9 Å². The molecule has 1 saturated carbocycles. The summed E-state index contributed by atoms with van der Waals surface area (Å²) in [6, 6.07) is 10.8. The molecular formula is C26H36N6O4. The molecule has 1 aliphatic carbocycles. The van der Waals surface area contributed by atoms with Gasteiger partial charge in [0.1, 0.15) is 24.1 Å². The fraction of sp³-hybridized carbons (Fsp3) is 0.577. The fourth-order valence-electron chi connectivity index (χ4n) is 5.12. The van der Waals surface area contributed by atoms with Crippen molar-refractivity contribution in [2.75, 3.05) is 25.6 Å². The average molecular weight is 497 g/mol.